The van der Waals surface area contributed by atoms with Crippen LogP contribution in [0.1, 0.15) is 0 Å². The fraction of sp³-hybridized carbons (Fsp3) is 0. The Morgan fingerprint density at radius 3 is 1.80 bits per heavy atom. The molecule has 5 aromatic carbocycles. The normalized spacial score (nSPS) is 11.6. The van der Waals surface area contributed by atoms with Crippen LogP contribution in [0.4, 0.5) is 0 Å². The second-order valence-corrected chi connectivity index (χ2v) is 11.8. The first-order valence-corrected chi connectivity index (χ1v) is 15.3. The number of hydrogen-bond donors (Lipinski definition) is 0. The molecule has 9 aromatic rings. The number of fused-ring (bicyclic) bond motifs is 7. The fourth-order valence-corrected chi connectivity index (χ4v) is 7.27. The van der Waals surface area contributed by atoms with Crippen LogP contribution in [0.5, 0.6) is 0 Å². The molecule has 0 spiro atoms. The minimum atomic E-state index is 0.647. The average Bonchev–Trinajstić information content (AvgIpc) is 3.64. The van der Waals surface area contributed by atoms with Gasteiger partial charge in [0.25, 0.3) is 0 Å². The number of nitrogens with zero attached hydrogens (tertiary/aromatic N) is 5. The minimum absolute atomic E-state index is 0.647. The molecule has 0 saturated carbocycles. The molecule has 0 fully saturated rings. The molecule has 6 heteroatoms. The molecule has 206 valence electrons. The quantitative estimate of drug-likeness (QED) is 0.208. The van der Waals surface area contributed by atoms with Crippen LogP contribution in [0, 0.1) is 0 Å². The molecule has 0 bridgehead atoms. The Balaban J connectivity index is 1.34. The molecule has 0 radical (unpaired) electrons. The number of aromatic nitrogens is 5. The van der Waals surface area contributed by atoms with Crippen LogP contribution in [-0.2, 0) is 0 Å². The minimum Gasteiger partial charge on any atom is -0.308 e. The van der Waals surface area contributed by atoms with Crippen molar-refractivity contribution in [2.75, 3.05) is 0 Å². The van der Waals surface area contributed by atoms with Gasteiger partial charge in [0.05, 0.1) is 25.9 Å². The van der Waals surface area contributed by atoms with Crippen LogP contribution in [0.15, 0.2) is 140 Å². The van der Waals surface area contributed by atoms with Gasteiger partial charge in [-0.25, -0.2) is 15.0 Å². The van der Waals surface area contributed by atoms with E-state index in [1.165, 1.54) is 20.3 Å². The van der Waals surface area contributed by atoms with Gasteiger partial charge in [-0.1, -0.05) is 97.1 Å². The number of pyridine rings is 1. The third-order valence-electron chi connectivity index (χ3n) is 8.08. The maximum atomic E-state index is 5.00. The predicted molar refractivity (Wildman–Crippen MR) is 181 cm³/mol. The molecular formula is C38H23N5S. The number of para-hydroxylation sites is 2. The lowest BCUT2D eigenvalue weighted by Gasteiger charge is -2.10. The summed E-state index contributed by atoms with van der Waals surface area (Å²) >= 11 is 1.79. The van der Waals surface area contributed by atoms with Crippen molar-refractivity contribution in [2.24, 2.45) is 0 Å². The Morgan fingerprint density at radius 1 is 0.523 bits per heavy atom. The highest BCUT2D eigenvalue weighted by molar-refractivity contribution is 7.26. The van der Waals surface area contributed by atoms with Crippen LogP contribution in [0.25, 0.3) is 82.0 Å². The van der Waals surface area contributed by atoms with Gasteiger partial charge in [-0.3, -0.25) is 4.98 Å². The van der Waals surface area contributed by atoms with Crippen molar-refractivity contribution < 1.29 is 0 Å². The highest BCUT2D eigenvalue weighted by Crippen LogP contribution is 2.45. The highest BCUT2D eigenvalue weighted by atomic mass is 32.1. The van der Waals surface area contributed by atoms with Crippen molar-refractivity contribution in [1.29, 1.82) is 0 Å². The maximum absolute atomic E-state index is 5.00. The van der Waals surface area contributed by atoms with E-state index >= 15 is 0 Å². The molecule has 0 saturated heterocycles. The Hall–Kier alpha value is -5.72. The van der Waals surface area contributed by atoms with Crippen LogP contribution < -0.4 is 0 Å². The molecule has 0 aliphatic rings. The van der Waals surface area contributed by atoms with E-state index in [1.54, 1.807) is 11.3 Å². The largest absolute Gasteiger partial charge is 0.308 e. The molecular weight excluding hydrogens is 559 g/mol. The van der Waals surface area contributed by atoms with Gasteiger partial charge in [0.1, 0.15) is 0 Å². The zero-order valence-electron chi connectivity index (χ0n) is 23.4. The summed E-state index contributed by atoms with van der Waals surface area (Å²) in [7, 11) is 0. The van der Waals surface area contributed by atoms with Gasteiger partial charge in [-0.05, 0) is 36.4 Å². The molecule has 0 unspecified atom stereocenters. The first-order valence-electron chi connectivity index (χ1n) is 14.5. The van der Waals surface area contributed by atoms with E-state index in [4.69, 9.17) is 19.9 Å². The smallest absolute Gasteiger partial charge is 0.164 e. The second kappa shape index (κ2) is 9.93. The van der Waals surface area contributed by atoms with Crippen molar-refractivity contribution in [3.05, 3.63) is 140 Å². The summed E-state index contributed by atoms with van der Waals surface area (Å²) in [4.78, 5) is 19.7. The van der Waals surface area contributed by atoms with Gasteiger partial charge in [0.2, 0.25) is 0 Å². The van der Waals surface area contributed by atoms with Crippen LogP contribution in [-0.4, -0.2) is 24.5 Å². The number of benzene rings is 5. The number of rotatable bonds is 4. The van der Waals surface area contributed by atoms with Crippen molar-refractivity contribution >= 4 is 53.4 Å². The van der Waals surface area contributed by atoms with E-state index in [2.05, 4.69) is 71.3 Å². The molecule has 0 aliphatic carbocycles. The van der Waals surface area contributed by atoms with Gasteiger partial charge < -0.3 is 4.57 Å². The molecule has 0 amide bonds. The van der Waals surface area contributed by atoms with E-state index in [0.717, 1.165) is 44.2 Å². The first kappa shape index (κ1) is 24.8. The van der Waals surface area contributed by atoms with E-state index in [9.17, 15) is 0 Å². The van der Waals surface area contributed by atoms with Gasteiger partial charge >= 0.3 is 0 Å². The molecule has 4 aromatic heterocycles. The van der Waals surface area contributed by atoms with E-state index < -0.39 is 0 Å². The molecule has 44 heavy (non-hydrogen) atoms. The lowest BCUT2D eigenvalue weighted by Crippen LogP contribution is -2.00. The highest BCUT2D eigenvalue weighted by Gasteiger charge is 2.21. The topological polar surface area (TPSA) is 56.5 Å². The number of hydrogen-bond acceptors (Lipinski definition) is 5. The summed E-state index contributed by atoms with van der Waals surface area (Å²) in [6.45, 7) is 0. The summed E-state index contributed by atoms with van der Waals surface area (Å²) in [6, 6.07) is 45.8. The Kier molecular flexibility index (Phi) is 5.61. The van der Waals surface area contributed by atoms with Crippen LogP contribution >= 0.6 is 11.3 Å². The van der Waals surface area contributed by atoms with Crippen molar-refractivity contribution in [3.63, 3.8) is 0 Å². The van der Waals surface area contributed by atoms with E-state index in [1.807, 2.05) is 72.9 Å². The third kappa shape index (κ3) is 3.92. The summed E-state index contributed by atoms with van der Waals surface area (Å²) in [6.07, 6.45) is 2.01. The van der Waals surface area contributed by atoms with E-state index in [-0.39, 0.29) is 0 Å². The first-order chi connectivity index (χ1) is 21.8. The van der Waals surface area contributed by atoms with Gasteiger partial charge in [-0.2, -0.15) is 0 Å². The summed E-state index contributed by atoms with van der Waals surface area (Å²) < 4.78 is 4.78. The van der Waals surface area contributed by atoms with Gasteiger partial charge in [-0.15, -0.1) is 11.3 Å². The molecule has 5 nitrogen and oxygen atoms in total. The summed E-state index contributed by atoms with van der Waals surface area (Å²) in [5.41, 5.74) is 7.32. The predicted octanol–water partition coefficient (Wildman–Crippen LogP) is 9.73. The molecule has 4 heterocycles. The standard InChI is InChI=1S/C38H23N5S/c1-4-12-24(13-5-1)36-40-37(25-14-6-2-7-15-25)42-38(41-36)26-20-21-31-29(22-26)35-34(43(31)27-16-8-3-9-17-27)33-28-18-10-11-19-30(28)39-23-32(33)44-35/h1-23H. The third-order valence-corrected chi connectivity index (χ3v) is 9.23. The maximum Gasteiger partial charge on any atom is 0.164 e. The van der Waals surface area contributed by atoms with Crippen LogP contribution in [0.3, 0.4) is 0 Å². The van der Waals surface area contributed by atoms with Crippen LogP contribution in [0.2, 0.25) is 0 Å². The fourth-order valence-electron chi connectivity index (χ4n) is 6.07. The van der Waals surface area contributed by atoms with Gasteiger partial charge in [0.15, 0.2) is 17.5 Å². The van der Waals surface area contributed by atoms with Crippen molar-refractivity contribution in [1.82, 2.24) is 24.5 Å². The average molecular weight is 582 g/mol. The van der Waals surface area contributed by atoms with Crippen molar-refractivity contribution in [3.8, 4) is 39.9 Å². The zero-order chi connectivity index (χ0) is 29.0. The Bertz CT molecular complexity index is 2430. The lowest BCUT2D eigenvalue weighted by atomic mass is 10.1. The molecule has 0 atom stereocenters. The SMILES string of the molecule is c1ccc(-c2nc(-c3ccccc3)nc(-c3ccc4c(c3)c3sc5cnc6ccccc6c5c3n4-c3ccccc3)n2)cc1. The monoisotopic (exact) mass is 581 g/mol. The Morgan fingerprint density at radius 2 is 1.11 bits per heavy atom. The summed E-state index contributed by atoms with van der Waals surface area (Å²) in [5.74, 6) is 1.95. The number of thiophene rings is 1. The molecule has 0 N–H and O–H groups in total. The Labute approximate surface area is 256 Å². The van der Waals surface area contributed by atoms with Crippen molar-refractivity contribution in [2.45, 2.75) is 0 Å². The molecule has 0 aliphatic heterocycles. The second-order valence-electron chi connectivity index (χ2n) is 10.7. The summed E-state index contributed by atoms with van der Waals surface area (Å²) in [5, 5.41) is 3.55. The molecule has 9 rings (SSSR count). The van der Waals surface area contributed by atoms with E-state index in [0.29, 0.717) is 17.5 Å². The van der Waals surface area contributed by atoms with Gasteiger partial charge in [0, 0.05) is 44.7 Å². The lowest BCUT2D eigenvalue weighted by molar-refractivity contribution is 1.07. The zero-order valence-corrected chi connectivity index (χ0v) is 24.2.